The molecule has 0 rings (SSSR count). The molecule has 1 unspecified atom stereocenters. The van der Waals surface area contributed by atoms with Crippen LogP contribution in [0.5, 0.6) is 0 Å². The van der Waals surface area contributed by atoms with Gasteiger partial charge in [-0.15, -0.1) is 0 Å². The van der Waals surface area contributed by atoms with E-state index >= 15 is 0 Å². The molecule has 0 saturated carbocycles. The lowest BCUT2D eigenvalue weighted by molar-refractivity contribution is -0.00563. The largest absolute Gasteiger partial charge is 0.392 e. The number of rotatable bonds is 6. The zero-order valence-electron chi connectivity index (χ0n) is 10.7. The summed E-state index contributed by atoms with van der Waals surface area (Å²) in [6, 6.07) is 0. The maximum Gasteiger partial charge on any atom is 0.0745 e. The van der Waals surface area contributed by atoms with Crippen molar-refractivity contribution in [2.45, 2.75) is 52.0 Å². The van der Waals surface area contributed by atoms with Crippen LogP contribution in [0.25, 0.3) is 0 Å². The maximum absolute atomic E-state index is 10.3. The quantitative estimate of drug-likeness (QED) is 0.562. The lowest BCUT2D eigenvalue weighted by Crippen LogP contribution is -2.49. The van der Waals surface area contributed by atoms with Gasteiger partial charge in [0.1, 0.15) is 0 Å². The van der Waals surface area contributed by atoms with Crippen LogP contribution in [0.3, 0.4) is 0 Å². The van der Waals surface area contributed by atoms with Gasteiger partial charge in [0.25, 0.3) is 0 Å². The molecule has 3 atom stereocenters. The topological polar surface area (TPSA) is 46.2 Å². The number of aliphatic hydroxyl groups is 1. The van der Waals surface area contributed by atoms with E-state index in [1.54, 1.807) is 21.6 Å². The third-order valence-corrected chi connectivity index (χ3v) is 5.83. The summed E-state index contributed by atoms with van der Waals surface area (Å²) in [7, 11) is 3.28. The van der Waals surface area contributed by atoms with Crippen LogP contribution in [-0.2, 0) is 0 Å². The van der Waals surface area contributed by atoms with E-state index in [2.05, 4.69) is 20.8 Å². The van der Waals surface area contributed by atoms with Gasteiger partial charge in [-0.3, -0.25) is 0 Å². The molecule has 0 fully saturated rings. The molecule has 0 amide bonds. The second-order valence-electron chi connectivity index (χ2n) is 5.01. The predicted molar refractivity (Wildman–Crippen MR) is 72.9 cm³/mol. The average Bonchev–Trinajstić information content (AvgIpc) is 2.15. The molecule has 0 aliphatic heterocycles. The van der Waals surface area contributed by atoms with Gasteiger partial charge in [-0.05, 0) is 25.0 Å². The van der Waals surface area contributed by atoms with Crippen LogP contribution in [0.4, 0.5) is 0 Å². The molecule has 0 saturated heterocycles. The molecule has 0 aliphatic rings. The Morgan fingerprint density at radius 2 is 1.80 bits per heavy atom. The number of hydrogen-bond acceptors (Lipinski definition) is 4. The van der Waals surface area contributed by atoms with Crippen LogP contribution < -0.4 is 5.73 Å². The molecular weight excluding hydrogens is 226 g/mol. The van der Waals surface area contributed by atoms with Crippen molar-refractivity contribution in [2.24, 2.45) is 17.1 Å². The smallest absolute Gasteiger partial charge is 0.0745 e. The Kier molecular flexibility index (Phi) is 6.04. The van der Waals surface area contributed by atoms with E-state index in [0.29, 0.717) is 0 Å². The summed E-state index contributed by atoms with van der Waals surface area (Å²) < 4.78 is 0. The summed E-state index contributed by atoms with van der Waals surface area (Å²) in [6.45, 7) is 10.3. The zero-order chi connectivity index (χ0) is 12.3. The first-order chi connectivity index (χ1) is 6.69. The minimum Gasteiger partial charge on any atom is -0.392 e. The van der Waals surface area contributed by atoms with E-state index in [4.69, 9.17) is 5.73 Å². The normalized spacial score (nSPS) is 20.8. The SMILES string of the molecule is CCC(C)(C)C(O)[C@@H](C)[C@@](C)(N)SSC. The third-order valence-electron chi connectivity index (χ3n) is 3.35. The van der Waals surface area contributed by atoms with Crippen LogP contribution in [0.1, 0.15) is 41.0 Å². The molecule has 0 spiro atoms. The summed E-state index contributed by atoms with van der Waals surface area (Å²) in [5, 5.41) is 10.3. The van der Waals surface area contributed by atoms with Gasteiger partial charge in [0.15, 0.2) is 0 Å². The van der Waals surface area contributed by atoms with Gasteiger partial charge >= 0.3 is 0 Å². The maximum atomic E-state index is 10.3. The lowest BCUT2D eigenvalue weighted by Gasteiger charge is -2.40. The highest BCUT2D eigenvalue weighted by molar-refractivity contribution is 8.76. The summed E-state index contributed by atoms with van der Waals surface area (Å²) >= 11 is 0. The fourth-order valence-corrected chi connectivity index (χ4v) is 3.63. The number of hydrogen-bond donors (Lipinski definition) is 2. The molecule has 2 nitrogen and oxygen atoms in total. The van der Waals surface area contributed by atoms with Crippen LogP contribution in [0.15, 0.2) is 0 Å². The Hall–Kier alpha value is 0.620. The standard InChI is InChI=1S/C11H25NOS2/c1-7-10(3,4)9(13)8(2)11(5,12)15-14-6/h8-9,13H,7,12H2,1-6H3/t8-,9?,11+/m1/s1. The van der Waals surface area contributed by atoms with Crippen molar-refractivity contribution in [1.82, 2.24) is 0 Å². The van der Waals surface area contributed by atoms with Crippen LogP contribution in [0.2, 0.25) is 0 Å². The number of nitrogens with two attached hydrogens (primary N) is 1. The monoisotopic (exact) mass is 251 g/mol. The Morgan fingerprint density at radius 1 is 1.33 bits per heavy atom. The first-order valence-electron chi connectivity index (χ1n) is 5.37. The van der Waals surface area contributed by atoms with Crippen LogP contribution >= 0.6 is 21.6 Å². The van der Waals surface area contributed by atoms with Crippen molar-refractivity contribution in [1.29, 1.82) is 0 Å². The molecule has 0 bridgehead atoms. The second-order valence-corrected chi connectivity index (χ2v) is 7.89. The van der Waals surface area contributed by atoms with Gasteiger partial charge in [-0.1, -0.05) is 49.3 Å². The van der Waals surface area contributed by atoms with Gasteiger partial charge in [-0.25, -0.2) is 0 Å². The van der Waals surface area contributed by atoms with Crippen LogP contribution in [-0.4, -0.2) is 22.3 Å². The van der Waals surface area contributed by atoms with Gasteiger partial charge in [-0.2, -0.15) is 0 Å². The lowest BCUT2D eigenvalue weighted by atomic mass is 9.76. The van der Waals surface area contributed by atoms with Crippen molar-refractivity contribution >= 4 is 21.6 Å². The van der Waals surface area contributed by atoms with E-state index in [-0.39, 0.29) is 22.3 Å². The Balaban J connectivity index is 4.63. The van der Waals surface area contributed by atoms with Gasteiger partial charge in [0.05, 0.1) is 11.0 Å². The summed E-state index contributed by atoms with van der Waals surface area (Å²) in [5.74, 6) is 0.0740. The first-order valence-corrected chi connectivity index (χ1v) is 7.93. The molecule has 0 radical (unpaired) electrons. The fraction of sp³-hybridized carbons (Fsp3) is 1.00. The average molecular weight is 251 g/mol. The van der Waals surface area contributed by atoms with Crippen molar-refractivity contribution in [3.63, 3.8) is 0 Å². The van der Waals surface area contributed by atoms with E-state index in [0.717, 1.165) is 6.42 Å². The molecule has 0 aliphatic carbocycles. The molecule has 4 heteroatoms. The molecule has 0 aromatic heterocycles. The minimum atomic E-state index is -0.384. The van der Waals surface area contributed by atoms with Gasteiger partial charge < -0.3 is 10.8 Å². The van der Waals surface area contributed by atoms with Crippen molar-refractivity contribution in [3.05, 3.63) is 0 Å². The minimum absolute atomic E-state index is 0.0704. The molecule has 3 N–H and O–H groups in total. The first kappa shape index (κ1) is 15.6. The summed E-state index contributed by atoms with van der Waals surface area (Å²) in [6.07, 6.45) is 2.61. The molecule has 0 heterocycles. The van der Waals surface area contributed by atoms with Crippen molar-refractivity contribution < 1.29 is 5.11 Å². The number of aliphatic hydroxyl groups excluding tert-OH is 1. The highest BCUT2D eigenvalue weighted by Crippen LogP contribution is 2.41. The second kappa shape index (κ2) is 5.80. The Morgan fingerprint density at radius 3 is 2.13 bits per heavy atom. The molecule has 0 aromatic carbocycles. The molecular formula is C11H25NOS2. The highest BCUT2D eigenvalue weighted by Gasteiger charge is 2.39. The molecule has 92 valence electrons. The van der Waals surface area contributed by atoms with Gasteiger partial charge in [0, 0.05) is 5.92 Å². The summed E-state index contributed by atoms with van der Waals surface area (Å²) in [5.41, 5.74) is 6.13. The predicted octanol–water partition coefficient (Wildman–Crippen LogP) is 3.11. The molecule has 0 aromatic rings. The van der Waals surface area contributed by atoms with Gasteiger partial charge in [0.2, 0.25) is 0 Å². The fourth-order valence-electron chi connectivity index (χ4n) is 1.45. The summed E-state index contributed by atoms with van der Waals surface area (Å²) in [4.78, 5) is -0.384. The van der Waals surface area contributed by atoms with Crippen molar-refractivity contribution in [2.75, 3.05) is 6.26 Å². The highest BCUT2D eigenvalue weighted by atomic mass is 33.1. The Labute approximate surface area is 102 Å². The third kappa shape index (κ3) is 4.17. The van der Waals surface area contributed by atoms with E-state index in [9.17, 15) is 5.11 Å². The zero-order valence-corrected chi connectivity index (χ0v) is 12.3. The molecule has 15 heavy (non-hydrogen) atoms. The Bertz CT molecular complexity index is 195. The van der Waals surface area contributed by atoms with Crippen LogP contribution in [0, 0.1) is 11.3 Å². The van der Waals surface area contributed by atoms with E-state index in [1.807, 2.05) is 20.1 Å². The van der Waals surface area contributed by atoms with E-state index in [1.165, 1.54) is 0 Å². The van der Waals surface area contributed by atoms with E-state index < -0.39 is 0 Å². The van der Waals surface area contributed by atoms with Crippen molar-refractivity contribution in [3.8, 4) is 0 Å².